The Hall–Kier alpha value is -2.85. The summed E-state index contributed by atoms with van der Waals surface area (Å²) in [4.78, 5) is 13.7. The summed E-state index contributed by atoms with van der Waals surface area (Å²) in [6.45, 7) is 0. The van der Waals surface area contributed by atoms with Crippen molar-refractivity contribution in [1.82, 2.24) is 25.0 Å². The van der Waals surface area contributed by atoms with Crippen LogP contribution in [0.1, 0.15) is 5.56 Å². The molecular weight excluding hydrogens is 281 g/mol. The van der Waals surface area contributed by atoms with Crippen LogP contribution < -0.4 is 0 Å². The number of fused-ring (bicyclic) bond motifs is 3. The van der Waals surface area contributed by atoms with Gasteiger partial charge in [0.15, 0.2) is 11.2 Å². The van der Waals surface area contributed by atoms with Crippen LogP contribution in [0.5, 0.6) is 0 Å². The molecule has 0 saturated heterocycles. The summed E-state index contributed by atoms with van der Waals surface area (Å²) in [6.07, 6.45) is -3.59. The van der Waals surface area contributed by atoms with E-state index in [1.807, 2.05) is 0 Å². The number of nitro benzene ring substituents is 1. The molecule has 0 unspecified atom stereocenters. The standard InChI is InChI=1S/C9H3F3N6O2/c10-9(11,12)4-1-5-8(6(2-4)18(19)20)13-3-7-14-15-16-17(5)7/h1-3H. The van der Waals surface area contributed by atoms with E-state index in [1.54, 1.807) is 0 Å². The Morgan fingerprint density at radius 3 is 2.70 bits per heavy atom. The van der Waals surface area contributed by atoms with Gasteiger partial charge in [-0.25, -0.2) is 4.98 Å². The minimum absolute atomic E-state index is 0.0890. The lowest BCUT2D eigenvalue weighted by Gasteiger charge is -2.08. The number of nitro groups is 1. The minimum Gasteiger partial charge on any atom is -0.258 e. The van der Waals surface area contributed by atoms with Gasteiger partial charge in [-0.05, 0) is 16.5 Å². The van der Waals surface area contributed by atoms with E-state index in [0.29, 0.717) is 6.07 Å². The van der Waals surface area contributed by atoms with Crippen molar-refractivity contribution in [2.75, 3.05) is 0 Å². The SMILES string of the molecule is O=[N+]([O-])c1cc(C(F)(F)F)cc2c1ncc1nnnn12. The molecule has 0 fully saturated rings. The molecule has 102 valence electrons. The van der Waals surface area contributed by atoms with Crippen molar-refractivity contribution in [2.24, 2.45) is 0 Å². The quantitative estimate of drug-likeness (QED) is 0.497. The van der Waals surface area contributed by atoms with Crippen molar-refractivity contribution >= 4 is 22.4 Å². The smallest absolute Gasteiger partial charge is 0.258 e. The number of hydrogen-bond donors (Lipinski definition) is 0. The van der Waals surface area contributed by atoms with Crippen LogP contribution in [0.25, 0.3) is 16.7 Å². The van der Waals surface area contributed by atoms with Crippen LogP contribution in [0.4, 0.5) is 18.9 Å². The number of aromatic nitrogens is 5. The number of non-ortho nitro benzene ring substituents is 1. The van der Waals surface area contributed by atoms with Crippen LogP contribution in [0, 0.1) is 10.1 Å². The maximum absolute atomic E-state index is 12.8. The van der Waals surface area contributed by atoms with E-state index in [4.69, 9.17) is 0 Å². The molecule has 0 amide bonds. The van der Waals surface area contributed by atoms with Crippen molar-refractivity contribution in [3.8, 4) is 0 Å². The third-order valence-corrected chi connectivity index (χ3v) is 2.62. The second kappa shape index (κ2) is 3.82. The molecule has 11 heteroatoms. The lowest BCUT2D eigenvalue weighted by Crippen LogP contribution is -2.07. The third kappa shape index (κ3) is 1.71. The maximum Gasteiger partial charge on any atom is 0.416 e. The number of hydrogen-bond acceptors (Lipinski definition) is 6. The zero-order valence-electron chi connectivity index (χ0n) is 9.37. The predicted molar refractivity (Wildman–Crippen MR) is 57.7 cm³/mol. The molecule has 0 spiro atoms. The maximum atomic E-state index is 12.8. The normalized spacial score (nSPS) is 12.2. The van der Waals surface area contributed by atoms with E-state index in [0.717, 1.165) is 16.8 Å². The number of tetrazole rings is 1. The highest BCUT2D eigenvalue weighted by molar-refractivity contribution is 5.86. The molecule has 1 aromatic carbocycles. The molecular formula is C9H3F3N6O2. The van der Waals surface area contributed by atoms with Crippen molar-refractivity contribution in [1.29, 1.82) is 0 Å². The van der Waals surface area contributed by atoms with Gasteiger partial charge >= 0.3 is 6.18 Å². The molecule has 2 aromatic heterocycles. The lowest BCUT2D eigenvalue weighted by molar-refractivity contribution is -0.383. The summed E-state index contributed by atoms with van der Waals surface area (Å²) in [5.74, 6) is 0. The molecule has 0 aliphatic carbocycles. The van der Waals surface area contributed by atoms with E-state index < -0.39 is 22.4 Å². The summed E-state index contributed by atoms with van der Waals surface area (Å²) in [7, 11) is 0. The van der Waals surface area contributed by atoms with Crippen LogP contribution in [-0.4, -0.2) is 29.9 Å². The van der Waals surface area contributed by atoms with E-state index in [-0.39, 0.29) is 16.7 Å². The average Bonchev–Trinajstić information content (AvgIpc) is 2.84. The highest BCUT2D eigenvalue weighted by Crippen LogP contribution is 2.35. The number of nitrogens with zero attached hydrogens (tertiary/aromatic N) is 6. The van der Waals surface area contributed by atoms with E-state index in [9.17, 15) is 23.3 Å². The minimum atomic E-state index is -4.73. The first-order valence-corrected chi connectivity index (χ1v) is 5.10. The first-order chi connectivity index (χ1) is 9.38. The van der Waals surface area contributed by atoms with Crippen LogP contribution >= 0.6 is 0 Å². The molecule has 0 N–H and O–H groups in total. The Labute approximate surface area is 107 Å². The van der Waals surface area contributed by atoms with Gasteiger partial charge in [0.25, 0.3) is 5.69 Å². The average molecular weight is 284 g/mol. The van der Waals surface area contributed by atoms with Gasteiger partial charge in [-0.2, -0.15) is 17.7 Å². The molecule has 0 bridgehead atoms. The van der Waals surface area contributed by atoms with Gasteiger partial charge in [0.2, 0.25) is 0 Å². The van der Waals surface area contributed by atoms with Crippen LogP contribution in [-0.2, 0) is 6.18 Å². The molecule has 0 radical (unpaired) electrons. The topological polar surface area (TPSA) is 99.1 Å². The van der Waals surface area contributed by atoms with Crippen molar-refractivity contribution in [3.63, 3.8) is 0 Å². The number of benzene rings is 1. The van der Waals surface area contributed by atoms with Gasteiger partial charge < -0.3 is 0 Å². The third-order valence-electron chi connectivity index (χ3n) is 2.62. The molecule has 3 aromatic rings. The van der Waals surface area contributed by atoms with Crippen molar-refractivity contribution in [2.45, 2.75) is 6.18 Å². The Morgan fingerprint density at radius 1 is 1.30 bits per heavy atom. The number of alkyl halides is 3. The Morgan fingerprint density at radius 2 is 2.05 bits per heavy atom. The van der Waals surface area contributed by atoms with Crippen molar-refractivity contribution < 1.29 is 18.1 Å². The van der Waals surface area contributed by atoms with E-state index in [2.05, 4.69) is 20.5 Å². The fraction of sp³-hybridized carbons (Fsp3) is 0.111. The molecule has 8 nitrogen and oxygen atoms in total. The van der Waals surface area contributed by atoms with Crippen LogP contribution in [0.2, 0.25) is 0 Å². The lowest BCUT2D eigenvalue weighted by atomic mass is 10.1. The van der Waals surface area contributed by atoms with Gasteiger partial charge in [-0.3, -0.25) is 10.1 Å². The fourth-order valence-electron chi connectivity index (χ4n) is 1.77. The molecule has 20 heavy (non-hydrogen) atoms. The van der Waals surface area contributed by atoms with Crippen molar-refractivity contribution in [3.05, 3.63) is 34.0 Å². The summed E-state index contributed by atoms with van der Waals surface area (Å²) in [6, 6.07) is 1.16. The summed E-state index contributed by atoms with van der Waals surface area (Å²) in [5, 5.41) is 21.2. The van der Waals surface area contributed by atoms with Crippen LogP contribution in [0.15, 0.2) is 18.3 Å². The second-order valence-electron chi connectivity index (χ2n) is 3.83. The first kappa shape index (κ1) is 12.2. The van der Waals surface area contributed by atoms with Gasteiger partial charge in [0, 0.05) is 6.07 Å². The van der Waals surface area contributed by atoms with Crippen LogP contribution in [0.3, 0.4) is 0 Å². The highest BCUT2D eigenvalue weighted by Gasteiger charge is 2.34. The molecule has 2 heterocycles. The summed E-state index contributed by atoms with van der Waals surface area (Å²) >= 11 is 0. The van der Waals surface area contributed by atoms with Gasteiger partial charge in [-0.15, -0.1) is 5.10 Å². The monoisotopic (exact) mass is 284 g/mol. The highest BCUT2D eigenvalue weighted by atomic mass is 19.4. The zero-order chi connectivity index (χ0) is 14.5. The zero-order valence-corrected chi connectivity index (χ0v) is 9.37. The number of rotatable bonds is 1. The molecule has 0 aliphatic heterocycles. The Bertz CT molecular complexity index is 843. The predicted octanol–water partition coefficient (Wildman–Crippen LogP) is 1.60. The Balaban J connectivity index is 2.49. The van der Waals surface area contributed by atoms with E-state index >= 15 is 0 Å². The first-order valence-electron chi connectivity index (χ1n) is 5.10. The molecule has 0 saturated carbocycles. The van der Waals surface area contributed by atoms with E-state index in [1.165, 1.54) is 0 Å². The van der Waals surface area contributed by atoms with Gasteiger partial charge in [0.1, 0.15) is 5.52 Å². The summed E-state index contributed by atoms with van der Waals surface area (Å²) in [5.41, 5.74) is -2.24. The molecule has 0 aliphatic rings. The largest absolute Gasteiger partial charge is 0.416 e. The fourth-order valence-corrected chi connectivity index (χ4v) is 1.77. The second-order valence-corrected chi connectivity index (χ2v) is 3.83. The Kier molecular flexibility index (Phi) is 2.33. The molecule has 3 rings (SSSR count). The molecule has 0 atom stereocenters. The number of halogens is 3. The van der Waals surface area contributed by atoms with Gasteiger partial charge in [-0.1, -0.05) is 0 Å². The summed E-state index contributed by atoms with van der Waals surface area (Å²) < 4.78 is 39.3. The van der Waals surface area contributed by atoms with Gasteiger partial charge in [0.05, 0.1) is 16.7 Å².